The second kappa shape index (κ2) is 7.97. The van der Waals surface area contributed by atoms with Crippen LogP contribution < -0.4 is 10.2 Å². The van der Waals surface area contributed by atoms with Crippen LogP contribution in [0.1, 0.15) is 29.2 Å². The van der Waals surface area contributed by atoms with E-state index in [1.807, 2.05) is 60.8 Å². The molecular weight excluding hydrogens is 416 g/mol. The smallest absolute Gasteiger partial charge is 0.174 e. The van der Waals surface area contributed by atoms with Crippen LogP contribution in [0.15, 0.2) is 89.8 Å². The molecule has 1 aliphatic rings. The molecule has 4 heterocycles. The van der Waals surface area contributed by atoms with Crippen LogP contribution in [-0.4, -0.2) is 14.7 Å². The molecule has 1 N–H and O–H groups in total. The van der Waals surface area contributed by atoms with E-state index in [-0.39, 0.29) is 12.1 Å². The average molecular weight is 435 g/mol. The van der Waals surface area contributed by atoms with Crippen LogP contribution in [0, 0.1) is 0 Å². The summed E-state index contributed by atoms with van der Waals surface area (Å²) >= 11 is 11.9. The molecule has 5 nitrogen and oxygen atoms in total. The number of benzene rings is 1. The molecule has 0 saturated carbocycles. The van der Waals surface area contributed by atoms with Crippen molar-refractivity contribution >= 4 is 34.6 Å². The molecule has 0 aliphatic carbocycles. The molecule has 150 valence electrons. The molecule has 7 heteroatoms. The predicted octanol–water partition coefficient (Wildman–Crippen LogP) is 5.35. The first-order valence-electron chi connectivity index (χ1n) is 9.64. The Morgan fingerprint density at radius 3 is 2.63 bits per heavy atom. The van der Waals surface area contributed by atoms with Crippen molar-refractivity contribution in [3.8, 4) is 0 Å². The van der Waals surface area contributed by atoms with Gasteiger partial charge in [0.05, 0.1) is 24.5 Å². The van der Waals surface area contributed by atoms with Gasteiger partial charge in [-0.1, -0.05) is 17.7 Å². The minimum Gasteiger partial charge on any atom is -0.467 e. The fourth-order valence-electron chi connectivity index (χ4n) is 3.95. The molecule has 0 bridgehead atoms. The molecule has 3 aromatic heterocycles. The Morgan fingerprint density at radius 1 is 1.03 bits per heavy atom. The van der Waals surface area contributed by atoms with E-state index in [1.54, 1.807) is 6.26 Å². The maximum absolute atomic E-state index is 6.13. The van der Waals surface area contributed by atoms with E-state index in [2.05, 4.69) is 38.1 Å². The Labute approximate surface area is 184 Å². The van der Waals surface area contributed by atoms with Gasteiger partial charge in [0.2, 0.25) is 0 Å². The van der Waals surface area contributed by atoms with Crippen molar-refractivity contribution in [3.05, 3.63) is 108 Å². The van der Waals surface area contributed by atoms with Gasteiger partial charge in [-0.25, -0.2) is 0 Å². The van der Waals surface area contributed by atoms with Crippen LogP contribution in [0.25, 0.3) is 0 Å². The summed E-state index contributed by atoms with van der Waals surface area (Å²) in [5.74, 6) is 0.897. The Balaban J connectivity index is 1.60. The van der Waals surface area contributed by atoms with Crippen LogP contribution in [0.3, 0.4) is 0 Å². The summed E-state index contributed by atoms with van der Waals surface area (Å²) in [6, 6.07) is 21.6. The summed E-state index contributed by atoms with van der Waals surface area (Å²) in [6.45, 7) is 0.641. The molecule has 0 radical (unpaired) electrons. The van der Waals surface area contributed by atoms with E-state index in [0.717, 1.165) is 22.8 Å². The van der Waals surface area contributed by atoms with E-state index in [1.165, 1.54) is 0 Å². The normalized spacial score (nSPS) is 18.6. The summed E-state index contributed by atoms with van der Waals surface area (Å²) in [7, 11) is 0. The Hall–Kier alpha value is -3.09. The van der Waals surface area contributed by atoms with Crippen molar-refractivity contribution < 1.29 is 4.42 Å². The lowest BCUT2D eigenvalue weighted by Gasteiger charge is -2.29. The molecule has 2 atom stereocenters. The van der Waals surface area contributed by atoms with Gasteiger partial charge in [-0.05, 0) is 72.9 Å². The van der Waals surface area contributed by atoms with Gasteiger partial charge in [-0.15, -0.1) is 0 Å². The third kappa shape index (κ3) is 3.49. The van der Waals surface area contributed by atoms with E-state index in [0.29, 0.717) is 16.7 Å². The quantitative estimate of drug-likeness (QED) is 0.429. The topological polar surface area (TPSA) is 46.2 Å². The number of hydrogen-bond donors (Lipinski definition) is 1. The van der Waals surface area contributed by atoms with Gasteiger partial charge in [0.1, 0.15) is 11.8 Å². The molecule has 1 aliphatic heterocycles. The number of furan rings is 1. The Bertz CT molecular complexity index is 1140. The van der Waals surface area contributed by atoms with Crippen LogP contribution >= 0.6 is 23.8 Å². The first-order valence-corrected chi connectivity index (χ1v) is 10.4. The number of pyridine rings is 1. The van der Waals surface area contributed by atoms with E-state index < -0.39 is 0 Å². The summed E-state index contributed by atoms with van der Waals surface area (Å²) in [5.41, 5.74) is 3.03. The fourth-order valence-corrected chi connectivity index (χ4v) is 4.42. The Morgan fingerprint density at radius 2 is 1.90 bits per heavy atom. The number of halogens is 1. The van der Waals surface area contributed by atoms with Gasteiger partial charge >= 0.3 is 0 Å². The number of nitrogens with zero attached hydrogens (tertiary/aromatic N) is 3. The number of nitrogens with one attached hydrogen (secondary N) is 1. The van der Waals surface area contributed by atoms with Crippen molar-refractivity contribution in [2.24, 2.45) is 0 Å². The van der Waals surface area contributed by atoms with Crippen LogP contribution in [0.4, 0.5) is 5.69 Å². The zero-order valence-electron chi connectivity index (χ0n) is 16.0. The third-order valence-electron chi connectivity index (χ3n) is 5.28. The molecule has 1 fully saturated rings. The largest absolute Gasteiger partial charge is 0.467 e. The molecule has 1 saturated heterocycles. The Kier molecular flexibility index (Phi) is 5.02. The SMILES string of the molecule is S=C1NC(c2ccccn2)C(c2cccn2Cc2ccco2)N1c1ccc(Cl)cc1. The zero-order valence-corrected chi connectivity index (χ0v) is 17.6. The van der Waals surface area contributed by atoms with Crippen LogP contribution in [0.2, 0.25) is 5.02 Å². The van der Waals surface area contributed by atoms with Crippen LogP contribution in [-0.2, 0) is 6.54 Å². The van der Waals surface area contributed by atoms with Gasteiger partial charge in [-0.3, -0.25) is 4.98 Å². The summed E-state index contributed by atoms with van der Waals surface area (Å²) in [5, 5.41) is 4.83. The molecule has 4 aromatic rings. The maximum Gasteiger partial charge on any atom is 0.174 e. The second-order valence-corrected chi connectivity index (χ2v) is 7.94. The van der Waals surface area contributed by atoms with Crippen molar-refractivity contribution in [3.63, 3.8) is 0 Å². The predicted molar refractivity (Wildman–Crippen MR) is 122 cm³/mol. The van der Waals surface area contributed by atoms with E-state index in [4.69, 9.17) is 28.2 Å². The highest BCUT2D eigenvalue weighted by Crippen LogP contribution is 2.41. The monoisotopic (exact) mass is 434 g/mol. The molecule has 1 aromatic carbocycles. The standard InChI is InChI=1S/C23H19ClN4OS/c24-16-8-10-17(11-9-16)28-22(21(26-23(28)30)19-6-1-2-12-25-19)20-7-3-13-27(20)15-18-5-4-14-29-18/h1-14,21-22H,15H2,(H,26,30). The van der Waals surface area contributed by atoms with Gasteiger partial charge in [0.15, 0.2) is 5.11 Å². The lowest BCUT2D eigenvalue weighted by molar-refractivity contribution is 0.475. The molecular formula is C23H19ClN4OS. The molecule has 2 unspecified atom stereocenters. The lowest BCUT2D eigenvalue weighted by atomic mass is 10.0. The van der Waals surface area contributed by atoms with Gasteiger partial charge in [-0.2, -0.15) is 0 Å². The number of thiocarbonyl (C=S) groups is 1. The van der Waals surface area contributed by atoms with Crippen molar-refractivity contribution in [1.82, 2.24) is 14.9 Å². The highest BCUT2D eigenvalue weighted by molar-refractivity contribution is 7.80. The fraction of sp³-hybridized carbons (Fsp3) is 0.130. The lowest BCUT2D eigenvalue weighted by Crippen LogP contribution is -2.30. The van der Waals surface area contributed by atoms with Crippen molar-refractivity contribution in [1.29, 1.82) is 0 Å². The van der Waals surface area contributed by atoms with Gasteiger partial charge in [0.25, 0.3) is 0 Å². The first kappa shape index (κ1) is 18.9. The first-order chi connectivity index (χ1) is 14.7. The highest BCUT2D eigenvalue weighted by atomic mass is 35.5. The minimum absolute atomic E-state index is 0.0847. The zero-order chi connectivity index (χ0) is 20.5. The maximum atomic E-state index is 6.13. The molecule has 30 heavy (non-hydrogen) atoms. The molecule has 0 spiro atoms. The summed E-state index contributed by atoms with van der Waals surface area (Å²) < 4.78 is 7.77. The third-order valence-corrected chi connectivity index (χ3v) is 5.84. The number of aromatic nitrogens is 2. The summed E-state index contributed by atoms with van der Waals surface area (Å²) in [4.78, 5) is 6.74. The van der Waals surface area contributed by atoms with Crippen molar-refractivity contribution in [2.75, 3.05) is 4.90 Å². The molecule has 0 amide bonds. The van der Waals surface area contributed by atoms with Gasteiger partial charge in [0, 0.05) is 28.8 Å². The van der Waals surface area contributed by atoms with Gasteiger partial charge < -0.3 is 19.2 Å². The average Bonchev–Trinajstić information content (AvgIpc) is 3.50. The number of hydrogen-bond acceptors (Lipinski definition) is 3. The highest BCUT2D eigenvalue weighted by Gasteiger charge is 2.42. The summed E-state index contributed by atoms with van der Waals surface area (Å²) in [6.07, 6.45) is 5.57. The van der Waals surface area contributed by atoms with Crippen LogP contribution in [0.5, 0.6) is 0 Å². The van der Waals surface area contributed by atoms with Crippen molar-refractivity contribution in [2.45, 2.75) is 18.6 Å². The van der Waals surface area contributed by atoms with E-state index >= 15 is 0 Å². The number of anilines is 1. The molecule has 5 rings (SSSR count). The number of rotatable bonds is 5. The minimum atomic E-state index is -0.0976. The van der Waals surface area contributed by atoms with E-state index in [9.17, 15) is 0 Å². The second-order valence-electron chi connectivity index (χ2n) is 7.11.